The maximum absolute atomic E-state index is 10.4. The molecule has 2 unspecified atom stereocenters. The van der Waals surface area contributed by atoms with Crippen LogP contribution in [0.15, 0.2) is 18.2 Å². The number of hydrogen-bond acceptors (Lipinski definition) is 5. The summed E-state index contributed by atoms with van der Waals surface area (Å²) < 4.78 is 0. The van der Waals surface area contributed by atoms with Crippen LogP contribution in [-0.4, -0.2) is 27.4 Å². The van der Waals surface area contributed by atoms with E-state index >= 15 is 0 Å². The number of aliphatic hydroxyl groups is 2. The molecule has 0 saturated heterocycles. The first-order valence-corrected chi connectivity index (χ1v) is 4.65. The fourth-order valence-electron chi connectivity index (χ4n) is 1.36. The number of aliphatic hydroxyl groups excluding tert-OH is 2. The highest BCUT2D eigenvalue weighted by atomic mass is 16.4. The Morgan fingerprint density at radius 2 is 1.94 bits per heavy atom. The Hall–Kier alpha value is -1.79. The van der Waals surface area contributed by atoms with Crippen LogP contribution in [0.2, 0.25) is 0 Å². The van der Waals surface area contributed by atoms with Crippen LogP contribution in [0.1, 0.15) is 18.1 Å². The Morgan fingerprint density at radius 1 is 1.31 bits per heavy atom. The van der Waals surface area contributed by atoms with E-state index in [4.69, 9.17) is 16.6 Å². The molecule has 88 valence electrons. The topological polar surface area (TPSA) is 130 Å². The first-order chi connectivity index (χ1) is 7.43. The summed E-state index contributed by atoms with van der Waals surface area (Å²) >= 11 is 0. The highest BCUT2D eigenvalue weighted by Crippen LogP contribution is 2.28. The molecule has 0 amide bonds. The van der Waals surface area contributed by atoms with Gasteiger partial charge in [0.15, 0.2) is 0 Å². The van der Waals surface area contributed by atoms with Crippen molar-refractivity contribution >= 4 is 17.3 Å². The molecule has 1 aromatic rings. The van der Waals surface area contributed by atoms with Crippen molar-refractivity contribution in [3.63, 3.8) is 0 Å². The van der Waals surface area contributed by atoms with Crippen LogP contribution in [0.3, 0.4) is 0 Å². The summed E-state index contributed by atoms with van der Waals surface area (Å²) in [6.45, 7) is 0. The minimum Gasteiger partial charge on any atom is -0.481 e. The number of nitrogens with two attached hydrogens (primary N) is 2. The van der Waals surface area contributed by atoms with Crippen LogP contribution < -0.4 is 11.5 Å². The van der Waals surface area contributed by atoms with Crippen LogP contribution in [0.4, 0.5) is 11.4 Å². The van der Waals surface area contributed by atoms with E-state index < -0.39 is 24.6 Å². The van der Waals surface area contributed by atoms with Crippen molar-refractivity contribution in [2.24, 2.45) is 0 Å². The summed E-state index contributed by atoms with van der Waals surface area (Å²) in [5.74, 6) is -1.20. The molecule has 6 nitrogen and oxygen atoms in total. The number of carbonyl (C=O) groups is 1. The molecule has 1 rings (SSSR count). The molecule has 0 aliphatic rings. The number of aliphatic carboxylic acids is 1. The average Bonchev–Trinajstić information content (AvgIpc) is 2.20. The number of para-hydroxylation sites is 1. The van der Waals surface area contributed by atoms with Gasteiger partial charge in [0.1, 0.15) is 6.10 Å². The van der Waals surface area contributed by atoms with Gasteiger partial charge >= 0.3 is 5.97 Å². The summed E-state index contributed by atoms with van der Waals surface area (Å²) in [6, 6.07) is 4.61. The van der Waals surface area contributed by atoms with E-state index in [0.29, 0.717) is 0 Å². The molecule has 7 N–H and O–H groups in total. The van der Waals surface area contributed by atoms with Gasteiger partial charge in [-0.25, -0.2) is 0 Å². The van der Waals surface area contributed by atoms with E-state index in [9.17, 15) is 15.0 Å². The molecular weight excluding hydrogens is 212 g/mol. The van der Waals surface area contributed by atoms with Gasteiger partial charge in [0.25, 0.3) is 0 Å². The van der Waals surface area contributed by atoms with E-state index in [-0.39, 0.29) is 16.9 Å². The third-order valence-corrected chi connectivity index (χ3v) is 2.24. The quantitative estimate of drug-likeness (QED) is 0.449. The van der Waals surface area contributed by atoms with Crippen molar-refractivity contribution in [1.29, 1.82) is 0 Å². The predicted octanol–water partition coefficient (Wildman–Crippen LogP) is -0.280. The van der Waals surface area contributed by atoms with Crippen LogP contribution in [0.5, 0.6) is 0 Å². The van der Waals surface area contributed by atoms with Crippen LogP contribution in [-0.2, 0) is 4.79 Å². The SMILES string of the molecule is Nc1cccc(C(O)C(O)CC(=O)O)c1N. The van der Waals surface area contributed by atoms with Crippen molar-refractivity contribution < 1.29 is 20.1 Å². The van der Waals surface area contributed by atoms with Gasteiger partial charge in [-0.3, -0.25) is 4.79 Å². The Balaban J connectivity index is 2.91. The summed E-state index contributed by atoms with van der Waals surface area (Å²) in [5, 5.41) is 27.6. The smallest absolute Gasteiger partial charge is 0.306 e. The van der Waals surface area contributed by atoms with E-state index in [2.05, 4.69) is 0 Å². The second-order valence-corrected chi connectivity index (χ2v) is 3.46. The number of nitrogen functional groups attached to an aromatic ring is 2. The molecule has 2 atom stereocenters. The Kier molecular flexibility index (Phi) is 3.70. The average molecular weight is 226 g/mol. The lowest BCUT2D eigenvalue weighted by molar-refractivity contribution is -0.141. The highest BCUT2D eigenvalue weighted by molar-refractivity contribution is 5.69. The third kappa shape index (κ3) is 2.62. The van der Waals surface area contributed by atoms with Crippen molar-refractivity contribution in [3.05, 3.63) is 23.8 Å². The zero-order valence-electron chi connectivity index (χ0n) is 8.50. The van der Waals surface area contributed by atoms with Crippen LogP contribution in [0.25, 0.3) is 0 Å². The first-order valence-electron chi connectivity index (χ1n) is 4.65. The standard InChI is InChI=1S/C10H14N2O4/c11-6-3-1-2-5(9(6)12)10(16)7(13)4-8(14)15/h1-3,7,10,13,16H,4,11-12H2,(H,14,15). The number of hydrogen-bond donors (Lipinski definition) is 5. The zero-order chi connectivity index (χ0) is 12.3. The van der Waals surface area contributed by atoms with Crippen molar-refractivity contribution in [2.75, 3.05) is 11.5 Å². The first kappa shape index (κ1) is 12.3. The van der Waals surface area contributed by atoms with Gasteiger partial charge in [-0.2, -0.15) is 0 Å². The lowest BCUT2D eigenvalue weighted by Gasteiger charge is -2.18. The molecule has 0 aliphatic heterocycles. The van der Waals surface area contributed by atoms with Crippen LogP contribution in [0, 0.1) is 0 Å². The molecule has 0 bridgehead atoms. The monoisotopic (exact) mass is 226 g/mol. The summed E-state index contributed by atoms with van der Waals surface area (Å²) in [6.07, 6.45) is -3.34. The number of anilines is 2. The molecule has 0 radical (unpaired) electrons. The van der Waals surface area contributed by atoms with E-state index in [1.54, 1.807) is 12.1 Å². The molecule has 0 saturated carbocycles. The van der Waals surface area contributed by atoms with Gasteiger partial charge in [-0.05, 0) is 6.07 Å². The lowest BCUT2D eigenvalue weighted by Crippen LogP contribution is -2.22. The molecule has 0 aromatic heterocycles. The maximum Gasteiger partial charge on any atom is 0.306 e. The molecule has 16 heavy (non-hydrogen) atoms. The Morgan fingerprint density at radius 3 is 2.50 bits per heavy atom. The molecule has 0 heterocycles. The van der Waals surface area contributed by atoms with Gasteiger partial charge in [-0.15, -0.1) is 0 Å². The molecular formula is C10H14N2O4. The Labute approximate surface area is 92.1 Å². The van der Waals surface area contributed by atoms with Gasteiger partial charge in [0.2, 0.25) is 0 Å². The largest absolute Gasteiger partial charge is 0.481 e. The fourth-order valence-corrected chi connectivity index (χ4v) is 1.36. The van der Waals surface area contributed by atoms with E-state index in [0.717, 1.165) is 0 Å². The van der Waals surface area contributed by atoms with E-state index in [1.165, 1.54) is 6.07 Å². The minimum atomic E-state index is -1.42. The van der Waals surface area contributed by atoms with Gasteiger partial charge < -0.3 is 26.8 Å². The van der Waals surface area contributed by atoms with Crippen molar-refractivity contribution in [1.82, 2.24) is 0 Å². The third-order valence-electron chi connectivity index (χ3n) is 2.24. The van der Waals surface area contributed by atoms with Gasteiger partial charge in [-0.1, -0.05) is 12.1 Å². The minimum absolute atomic E-state index is 0.152. The predicted molar refractivity (Wildman–Crippen MR) is 58.5 cm³/mol. The number of carboxylic acid groups (broad SMARTS) is 1. The normalized spacial score (nSPS) is 14.4. The zero-order valence-corrected chi connectivity index (χ0v) is 8.50. The van der Waals surface area contributed by atoms with Gasteiger partial charge in [0.05, 0.1) is 23.9 Å². The molecule has 0 fully saturated rings. The second-order valence-electron chi connectivity index (χ2n) is 3.46. The summed E-state index contributed by atoms with van der Waals surface area (Å²) in [5.41, 5.74) is 11.8. The second kappa shape index (κ2) is 4.82. The van der Waals surface area contributed by atoms with Crippen molar-refractivity contribution in [3.8, 4) is 0 Å². The maximum atomic E-state index is 10.4. The fraction of sp³-hybridized carbons (Fsp3) is 0.300. The molecule has 0 aliphatic carbocycles. The van der Waals surface area contributed by atoms with Crippen molar-refractivity contribution in [2.45, 2.75) is 18.6 Å². The number of rotatable bonds is 4. The molecule has 1 aromatic carbocycles. The summed E-state index contributed by atoms with van der Waals surface area (Å²) in [4.78, 5) is 10.4. The number of benzene rings is 1. The number of carboxylic acids is 1. The summed E-state index contributed by atoms with van der Waals surface area (Å²) in [7, 11) is 0. The lowest BCUT2D eigenvalue weighted by atomic mass is 10.00. The van der Waals surface area contributed by atoms with Gasteiger partial charge in [0, 0.05) is 5.56 Å². The van der Waals surface area contributed by atoms with E-state index in [1.807, 2.05) is 0 Å². The Bertz CT molecular complexity index is 394. The highest BCUT2D eigenvalue weighted by Gasteiger charge is 2.23. The molecule has 0 spiro atoms. The van der Waals surface area contributed by atoms with Crippen LogP contribution >= 0.6 is 0 Å². The molecule has 6 heteroatoms.